The SMILES string of the molecule is CCOC(=O)C(F)(F)Oc1c(F)c(F)c(F)c(F)c1F. The molecule has 1 rings (SSSR count). The van der Waals surface area contributed by atoms with Crippen LogP contribution in [-0.2, 0) is 9.53 Å². The summed E-state index contributed by atoms with van der Waals surface area (Å²) in [4.78, 5) is 10.7. The number of ether oxygens (including phenoxy) is 2. The van der Waals surface area contributed by atoms with Crippen molar-refractivity contribution >= 4 is 5.97 Å². The molecule has 3 nitrogen and oxygen atoms in total. The number of carbonyl (C=O) groups is 1. The molecule has 0 aliphatic rings. The molecule has 10 heteroatoms. The molecule has 0 bridgehead atoms. The fraction of sp³-hybridized carbons (Fsp3) is 0.300. The van der Waals surface area contributed by atoms with Gasteiger partial charge in [-0.2, -0.15) is 17.6 Å². The predicted octanol–water partition coefficient (Wildman–Crippen LogP) is 2.92. The standard InChI is InChI=1S/C10H5F7O3/c1-2-19-9(18)10(16,17)20-8-6(14)4(12)3(11)5(13)7(8)15/h2H2,1H3. The molecule has 0 saturated heterocycles. The van der Waals surface area contributed by atoms with Gasteiger partial charge in [0, 0.05) is 0 Å². The average Bonchev–Trinajstić information content (AvgIpc) is 2.39. The molecule has 0 unspecified atom stereocenters. The normalized spacial score (nSPS) is 11.4. The van der Waals surface area contributed by atoms with E-state index >= 15 is 0 Å². The molecule has 0 heterocycles. The Bertz CT molecular complexity index is 515. The van der Waals surface area contributed by atoms with Crippen LogP contribution in [0.1, 0.15) is 6.92 Å². The van der Waals surface area contributed by atoms with Crippen molar-refractivity contribution in [3.63, 3.8) is 0 Å². The van der Waals surface area contributed by atoms with Gasteiger partial charge >= 0.3 is 12.1 Å². The largest absolute Gasteiger partial charge is 0.502 e. The highest BCUT2D eigenvalue weighted by Crippen LogP contribution is 2.33. The van der Waals surface area contributed by atoms with Crippen LogP contribution in [0.15, 0.2) is 0 Å². The number of hydrogen-bond acceptors (Lipinski definition) is 3. The number of carbonyl (C=O) groups excluding carboxylic acids is 1. The van der Waals surface area contributed by atoms with Gasteiger partial charge in [0.25, 0.3) is 0 Å². The highest BCUT2D eigenvalue weighted by Gasteiger charge is 2.46. The molecule has 0 atom stereocenters. The molecule has 0 fully saturated rings. The first-order valence-corrected chi connectivity index (χ1v) is 4.89. The Balaban J connectivity index is 3.26. The summed E-state index contributed by atoms with van der Waals surface area (Å²) in [6, 6.07) is 0. The van der Waals surface area contributed by atoms with E-state index in [0.29, 0.717) is 0 Å². The number of hydrogen-bond donors (Lipinski definition) is 0. The minimum Gasteiger partial charge on any atom is -0.459 e. The topological polar surface area (TPSA) is 35.5 Å². The monoisotopic (exact) mass is 306 g/mol. The molecule has 0 aromatic heterocycles. The lowest BCUT2D eigenvalue weighted by Crippen LogP contribution is -2.37. The van der Waals surface area contributed by atoms with Gasteiger partial charge in [0.15, 0.2) is 0 Å². The van der Waals surface area contributed by atoms with Crippen LogP contribution < -0.4 is 4.74 Å². The van der Waals surface area contributed by atoms with Crippen molar-refractivity contribution in [2.24, 2.45) is 0 Å². The molecule has 20 heavy (non-hydrogen) atoms. The molecular weight excluding hydrogens is 301 g/mol. The van der Waals surface area contributed by atoms with E-state index in [-0.39, 0.29) is 0 Å². The van der Waals surface area contributed by atoms with Crippen LogP contribution in [0.2, 0.25) is 0 Å². The average molecular weight is 306 g/mol. The maximum atomic E-state index is 13.1. The van der Waals surface area contributed by atoms with Crippen molar-refractivity contribution < 1.29 is 45.0 Å². The second-order valence-electron chi connectivity index (χ2n) is 3.24. The third-order valence-corrected chi connectivity index (χ3v) is 1.91. The molecule has 1 aromatic rings. The van der Waals surface area contributed by atoms with E-state index in [1.807, 2.05) is 0 Å². The van der Waals surface area contributed by atoms with Gasteiger partial charge in [-0.3, -0.25) is 0 Å². The van der Waals surface area contributed by atoms with Gasteiger partial charge in [-0.05, 0) is 6.92 Å². The van der Waals surface area contributed by atoms with Gasteiger partial charge in [0.05, 0.1) is 6.61 Å². The summed E-state index contributed by atoms with van der Waals surface area (Å²) in [7, 11) is 0. The zero-order chi connectivity index (χ0) is 15.7. The van der Waals surface area contributed by atoms with Crippen LogP contribution in [-0.4, -0.2) is 18.7 Å². The molecule has 0 amide bonds. The molecule has 1 aromatic carbocycles. The number of halogens is 7. The lowest BCUT2D eigenvalue weighted by atomic mass is 10.2. The van der Waals surface area contributed by atoms with Crippen molar-refractivity contribution in [1.82, 2.24) is 0 Å². The Hall–Kier alpha value is -2.00. The van der Waals surface area contributed by atoms with Crippen LogP contribution in [0.3, 0.4) is 0 Å². The van der Waals surface area contributed by atoms with Crippen molar-refractivity contribution in [3.8, 4) is 5.75 Å². The maximum Gasteiger partial charge on any atom is 0.502 e. The summed E-state index contributed by atoms with van der Waals surface area (Å²) in [5, 5.41) is 0. The van der Waals surface area contributed by atoms with Crippen LogP contribution in [0.5, 0.6) is 5.75 Å². The van der Waals surface area contributed by atoms with E-state index in [4.69, 9.17) is 0 Å². The van der Waals surface area contributed by atoms with E-state index in [1.54, 1.807) is 0 Å². The van der Waals surface area contributed by atoms with Crippen molar-refractivity contribution in [2.75, 3.05) is 6.61 Å². The Morgan fingerprint density at radius 3 is 1.75 bits per heavy atom. The summed E-state index contributed by atoms with van der Waals surface area (Å²) >= 11 is 0. The maximum absolute atomic E-state index is 13.1. The summed E-state index contributed by atoms with van der Waals surface area (Å²) in [5.41, 5.74) is 0. The minimum absolute atomic E-state index is 0.519. The summed E-state index contributed by atoms with van der Waals surface area (Å²) < 4.78 is 97.4. The Labute approximate surface area is 106 Å². The quantitative estimate of drug-likeness (QED) is 0.371. The molecule has 0 spiro atoms. The van der Waals surface area contributed by atoms with Crippen molar-refractivity contribution in [2.45, 2.75) is 13.0 Å². The van der Waals surface area contributed by atoms with Gasteiger partial charge in [-0.15, -0.1) is 0 Å². The van der Waals surface area contributed by atoms with E-state index < -0.39 is 53.5 Å². The molecule has 0 radical (unpaired) electrons. The second-order valence-corrected chi connectivity index (χ2v) is 3.24. The first kappa shape index (κ1) is 16.1. The van der Waals surface area contributed by atoms with E-state index in [9.17, 15) is 35.5 Å². The summed E-state index contributed by atoms with van der Waals surface area (Å²) in [6.07, 6.45) is -4.92. The van der Waals surface area contributed by atoms with Crippen molar-refractivity contribution in [1.29, 1.82) is 0 Å². The lowest BCUT2D eigenvalue weighted by molar-refractivity contribution is -0.217. The third kappa shape index (κ3) is 2.78. The lowest BCUT2D eigenvalue weighted by Gasteiger charge is -2.17. The van der Waals surface area contributed by atoms with Crippen LogP contribution >= 0.6 is 0 Å². The van der Waals surface area contributed by atoms with Gasteiger partial charge < -0.3 is 9.47 Å². The van der Waals surface area contributed by atoms with E-state index in [2.05, 4.69) is 9.47 Å². The zero-order valence-electron chi connectivity index (χ0n) is 9.58. The minimum atomic E-state index is -4.92. The fourth-order valence-corrected chi connectivity index (χ4v) is 1.06. The Kier molecular flexibility index (Phi) is 4.46. The highest BCUT2D eigenvalue weighted by atomic mass is 19.3. The summed E-state index contributed by atoms with van der Waals surface area (Å²) in [6.45, 7) is 0.626. The van der Waals surface area contributed by atoms with Gasteiger partial charge in [-0.25, -0.2) is 18.0 Å². The smallest absolute Gasteiger partial charge is 0.459 e. The number of alkyl halides is 2. The van der Waals surface area contributed by atoms with Crippen LogP contribution in [0.4, 0.5) is 30.7 Å². The first-order chi connectivity index (χ1) is 9.13. The third-order valence-electron chi connectivity index (χ3n) is 1.91. The van der Waals surface area contributed by atoms with Crippen molar-refractivity contribution in [3.05, 3.63) is 29.1 Å². The molecular formula is C10H5F7O3. The molecule has 0 aliphatic heterocycles. The number of benzene rings is 1. The second kappa shape index (κ2) is 5.55. The summed E-state index contributed by atoms with van der Waals surface area (Å²) in [5.74, 6) is -17.4. The Morgan fingerprint density at radius 2 is 1.35 bits per heavy atom. The van der Waals surface area contributed by atoms with Gasteiger partial charge in [0.1, 0.15) is 0 Å². The van der Waals surface area contributed by atoms with Gasteiger partial charge in [0.2, 0.25) is 34.8 Å². The predicted molar refractivity (Wildman–Crippen MR) is 48.4 cm³/mol. The molecule has 112 valence electrons. The Morgan fingerprint density at radius 1 is 0.950 bits per heavy atom. The first-order valence-electron chi connectivity index (χ1n) is 4.89. The number of rotatable bonds is 4. The molecule has 0 saturated carbocycles. The number of esters is 1. The molecule has 0 aliphatic carbocycles. The van der Waals surface area contributed by atoms with Gasteiger partial charge in [-0.1, -0.05) is 0 Å². The van der Waals surface area contributed by atoms with Crippen LogP contribution in [0.25, 0.3) is 0 Å². The fourth-order valence-electron chi connectivity index (χ4n) is 1.06. The molecule has 0 N–H and O–H groups in total. The van der Waals surface area contributed by atoms with E-state index in [1.165, 1.54) is 0 Å². The van der Waals surface area contributed by atoms with E-state index in [0.717, 1.165) is 6.92 Å². The van der Waals surface area contributed by atoms with Crippen LogP contribution in [0, 0.1) is 29.1 Å². The highest BCUT2D eigenvalue weighted by molar-refractivity contribution is 5.76. The zero-order valence-corrected chi connectivity index (χ0v) is 9.58.